The number of aromatic nitrogens is 1. The Morgan fingerprint density at radius 2 is 1.79 bits per heavy atom. The van der Waals surface area contributed by atoms with Gasteiger partial charge in [-0.3, -0.25) is 19.5 Å². The Bertz CT molecular complexity index is 821. The Morgan fingerprint density at radius 1 is 1.07 bits per heavy atom. The molecule has 0 spiro atoms. The molecule has 1 aromatic heterocycles. The zero-order chi connectivity index (χ0) is 19.9. The van der Waals surface area contributed by atoms with E-state index in [1.54, 1.807) is 6.07 Å². The van der Waals surface area contributed by atoms with Crippen molar-refractivity contribution in [3.63, 3.8) is 0 Å². The van der Waals surface area contributed by atoms with Gasteiger partial charge in [-0.15, -0.1) is 0 Å². The van der Waals surface area contributed by atoms with Crippen molar-refractivity contribution in [2.45, 2.75) is 25.4 Å². The van der Waals surface area contributed by atoms with E-state index in [0.29, 0.717) is 5.02 Å². The van der Waals surface area contributed by atoms with Gasteiger partial charge in [0.1, 0.15) is 5.69 Å². The monoisotopic (exact) mass is 420 g/mol. The molecule has 6 nitrogen and oxygen atoms in total. The van der Waals surface area contributed by atoms with Crippen molar-refractivity contribution in [1.82, 2.24) is 20.5 Å². The summed E-state index contributed by atoms with van der Waals surface area (Å²) in [6.45, 7) is 2.61. The first-order chi connectivity index (χ1) is 13.5. The van der Waals surface area contributed by atoms with Crippen LogP contribution in [0, 0.1) is 0 Å². The molecule has 28 heavy (non-hydrogen) atoms. The van der Waals surface area contributed by atoms with E-state index < -0.39 is 5.91 Å². The third kappa shape index (κ3) is 6.19. The molecule has 0 bridgehead atoms. The lowest BCUT2D eigenvalue weighted by Crippen LogP contribution is -2.47. The number of rotatable bonds is 6. The highest BCUT2D eigenvalue weighted by atomic mass is 35.5. The van der Waals surface area contributed by atoms with Gasteiger partial charge in [-0.05, 0) is 42.7 Å². The molecule has 8 heteroatoms. The van der Waals surface area contributed by atoms with E-state index in [9.17, 15) is 9.59 Å². The van der Waals surface area contributed by atoms with Crippen LogP contribution in [0.5, 0.6) is 0 Å². The summed E-state index contributed by atoms with van der Waals surface area (Å²) in [4.78, 5) is 30.4. The first-order valence-corrected chi connectivity index (χ1v) is 9.91. The van der Waals surface area contributed by atoms with Crippen LogP contribution in [0.3, 0.4) is 0 Å². The fourth-order valence-corrected chi connectivity index (χ4v) is 3.43. The predicted molar refractivity (Wildman–Crippen MR) is 109 cm³/mol. The van der Waals surface area contributed by atoms with Crippen molar-refractivity contribution in [2.75, 3.05) is 19.6 Å². The van der Waals surface area contributed by atoms with E-state index in [0.717, 1.165) is 37.5 Å². The van der Waals surface area contributed by atoms with Gasteiger partial charge in [0.05, 0.1) is 6.54 Å². The third-order valence-electron chi connectivity index (χ3n) is 4.64. The van der Waals surface area contributed by atoms with Gasteiger partial charge in [-0.1, -0.05) is 35.3 Å². The van der Waals surface area contributed by atoms with E-state index in [4.69, 9.17) is 23.2 Å². The van der Waals surface area contributed by atoms with E-state index in [-0.39, 0.29) is 24.2 Å². The number of nitrogens with one attached hydrogen (secondary N) is 2. The number of carbonyl (C=O) groups excluding carboxylic acids is 2. The molecule has 0 unspecified atom stereocenters. The molecule has 0 atom stereocenters. The largest absolute Gasteiger partial charge is 0.352 e. The van der Waals surface area contributed by atoms with Crippen molar-refractivity contribution < 1.29 is 9.59 Å². The molecule has 2 heterocycles. The van der Waals surface area contributed by atoms with Gasteiger partial charge in [0.2, 0.25) is 5.91 Å². The van der Waals surface area contributed by atoms with E-state index >= 15 is 0 Å². The molecule has 0 radical (unpaired) electrons. The molecular weight excluding hydrogens is 399 g/mol. The minimum Gasteiger partial charge on any atom is -0.352 e. The molecule has 3 rings (SSSR count). The van der Waals surface area contributed by atoms with Crippen LogP contribution >= 0.6 is 23.2 Å². The van der Waals surface area contributed by atoms with Crippen LogP contribution in [0.2, 0.25) is 10.0 Å². The summed E-state index contributed by atoms with van der Waals surface area (Å²) in [5.41, 5.74) is 1.42. The minimum atomic E-state index is -0.421. The van der Waals surface area contributed by atoms with Crippen molar-refractivity contribution in [3.05, 3.63) is 63.9 Å². The molecule has 2 amide bonds. The van der Waals surface area contributed by atoms with Gasteiger partial charge in [0.15, 0.2) is 0 Å². The Labute approximate surface area is 174 Å². The molecule has 2 aromatic rings. The molecule has 1 aliphatic heterocycles. The maximum Gasteiger partial charge on any atom is 0.270 e. The van der Waals surface area contributed by atoms with Gasteiger partial charge in [0.25, 0.3) is 5.91 Å². The van der Waals surface area contributed by atoms with Crippen LogP contribution in [0.15, 0.2) is 42.6 Å². The summed E-state index contributed by atoms with van der Waals surface area (Å²) in [5, 5.41) is 6.72. The van der Waals surface area contributed by atoms with Crippen LogP contribution in [0.1, 0.15) is 28.9 Å². The Kier molecular flexibility index (Phi) is 7.25. The number of amides is 2. The molecule has 1 saturated heterocycles. The summed E-state index contributed by atoms with van der Waals surface area (Å²) in [6, 6.07) is 11.0. The first-order valence-electron chi connectivity index (χ1n) is 9.15. The van der Waals surface area contributed by atoms with Crippen LogP contribution in [-0.4, -0.2) is 47.4 Å². The lowest BCUT2D eigenvalue weighted by atomic mass is 10.0. The zero-order valence-corrected chi connectivity index (χ0v) is 16.8. The van der Waals surface area contributed by atoms with Crippen molar-refractivity contribution in [1.29, 1.82) is 0 Å². The van der Waals surface area contributed by atoms with Crippen LogP contribution in [0.25, 0.3) is 0 Å². The summed E-state index contributed by atoms with van der Waals surface area (Å²) in [6.07, 6.45) is 3.21. The number of nitrogens with zero attached hydrogens (tertiary/aromatic N) is 2. The third-order valence-corrected chi connectivity index (χ3v) is 5.12. The lowest BCUT2D eigenvalue weighted by molar-refractivity contribution is -0.121. The van der Waals surface area contributed by atoms with Crippen LogP contribution in [-0.2, 0) is 11.3 Å². The fourth-order valence-electron chi connectivity index (χ4n) is 3.14. The lowest BCUT2D eigenvalue weighted by Gasteiger charge is -2.32. The standard InChI is InChI=1S/C20H22Cl2N4O2/c21-15-3-1-14(2-4-15)13-26-9-6-17(7-10-26)25-19(27)12-24-20(28)18-11-16(22)5-8-23-18/h1-5,8,11,17H,6-7,9-10,12-13H2,(H,24,28)(H,25,27). The number of pyridine rings is 1. The normalized spacial score (nSPS) is 15.2. The number of halogens is 2. The Balaban J connectivity index is 1.37. The molecule has 1 aromatic carbocycles. The van der Waals surface area contributed by atoms with Crippen molar-refractivity contribution >= 4 is 35.0 Å². The van der Waals surface area contributed by atoms with Crippen molar-refractivity contribution in [2.24, 2.45) is 0 Å². The zero-order valence-electron chi connectivity index (χ0n) is 15.3. The first kappa shape index (κ1) is 20.6. The number of hydrogen-bond donors (Lipinski definition) is 2. The second-order valence-electron chi connectivity index (χ2n) is 6.79. The minimum absolute atomic E-state index is 0.0853. The highest BCUT2D eigenvalue weighted by molar-refractivity contribution is 6.31. The number of benzene rings is 1. The SMILES string of the molecule is O=C(CNC(=O)c1cc(Cl)ccn1)NC1CCN(Cc2ccc(Cl)cc2)CC1. The highest BCUT2D eigenvalue weighted by Crippen LogP contribution is 2.16. The van der Waals surface area contributed by atoms with Gasteiger partial charge in [0, 0.05) is 41.9 Å². The fraction of sp³-hybridized carbons (Fsp3) is 0.350. The van der Waals surface area contributed by atoms with Gasteiger partial charge < -0.3 is 10.6 Å². The summed E-state index contributed by atoms with van der Waals surface area (Å²) in [5.74, 6) is -0.623. The van der Waals surface area contributed by atoms with Gasteiger partial charge in [-0.2, -0.15) is 0 Å². The molecule has 0 aliphatic carbocycles. The Hall–Kier alpha value is -2.15. The van der Waals surface area contributed by atoms with Crippen molar-refractivity contribution in [3.8, 4) is 0 Å². The second kappa shape index (κ2) is 9.87. The molecule has 1 fully saturated rings. The molecule has 148 valence electrons. The quantitative estimate of drug-likeness (QED) is 0.753. The topological polar surface area (TPSA) is 74.3 Å². The summed E-state index contributed by atoms with van der Waals surface area (Å²) >= 11 is 11.8. The maximum atomic E-state index is 12.1. The number of carbonyl (C=O) groups is 2. The predicted octanol–water partition coefficient (Wildman–Crippen LogP) is 2.90. The number of hydrogen-bond acceptors (Lipinski definition) is 4. The van der Waals surface area contributed by atoms with Crippen LogP contribution < -0.4 is 10.6 Å². The maximum absolute atomic E-state index is 12.1. The molecule has 1 aliphatic rings. The summed E-state index contributed by atoms with van der Waals surface area (Å²) < 4.78 is 0. The van der Waals surface area contributed by atoms with E-state index in [1.807, 2.05) is 24.3 Å². The Morgan fingerprint density at radius 3 is 2.46 bits per heavy atom. The molecule has 0 saturated carbocycles. The molecule has 2 N–H and O–H groups in total. The highest BCUT2D eigenvalue weighted by Gasteiger charge is 2.21. The molecular formula is C20H22Cl2N4O2. The van der Waals surface area contributed by atoms with Crippen LogP contribution in [0.4, 0.5) is 0 Å². The van der Waals surface area contributed by atoms with E-state index in [1.165, 1.54) is 17.8 Å². The van der Waals surface area contributed by atoms with Gasteiger partial charge in [-0.25, -0.2) is 0 Å². The number of piperidine rings is 1. The average Bonchev–Trinajstić information content (AvgIpc) is 2.69. The van der Waals surface area contributed by atoms with E-state index in [2.05, 4.69) is 20.5 Å². The van der Waals surface area contributed by atoms with Gasteiger partial charge >= 0.3 is 0 Å². The number of likely N-dealkylation sites (tertiary alicyclic amines) is 1. The average molecular weight is 421 g/mol. The second-order valence-corrected chi connectivity index (χ2v) is 7.66. The summed E-state index contributed by atoms with van der Waals surface area (Å²) in [7, 11) is 0. The smallest absolute Gasteiger partial charge is 0.270 e.